The van der Waals surface area contributed by atoms with Crippen molar-refractivity contribution in [3.8, 4) is 39.2 Å². The van der Waals surface area contributed by atoms with Crippen molar-refractivity contribution < 1.29 is 24.1 Å². The van der Waals surface area contributed by atoms with Crippen LogP contribution in [0.2, 0.25) is 0 Å². The molecule has 5 rings (SSSR count). The fraction of sp³-hybridized carbons (Fsp3) is 0.259. The summed E-state index contributed by atoms with van der Waals surface area (Å²) in [4.78, 5) is 3.15. The molecule has 1 aliphatic rings. The highest BCUT2D eigenvalue weighted by atomic mass is 32.1. The Bertz CT molecular complexity index is 1260. The largest absolute Gasteiger partial charge is 0.508 e. The average molecular weight is 480 g/mol. The number of aromatic hydroxyl groups is 2. The molecule has 7 heteroatoms. The van der Waals surface area contributed by atoms with Gasteiger partial charge in [-0.2, -0.15) is 0 Å². The number of ether oxygens (including phenoxy) is 2. The molecule has 3 aromatic carbocycles. The van der Waals surface area contributed by atoms with Crippen molar-refractivity contribution in [3.63, 3.8) is 0 Å². The quantitative estimate of drug-likeness (QED) is 0.304. The van der Waals surface area contributed by atoms with E-state index in [4.69, 9.17) is 9.47 Å². The van der Waals surface area contributed by atoms with Crippen LogP contribution in [0.3, 0.4) is 0 Å². The third-order valence-corrected chi connectivity index (χ3v) is 7.26. The van der Waals surface area contributed by atoms with Crippen molar-refractivity contribution in [2.24, 2.45) is 5.92 Å². The molecule has 2 heterocycles. The first-order valence-electron chi connectivity index (χ1n) is 11.3. The Labute approximate surface area is 201 Å². The van der Waals surface area contributed by atoms with Crippen molar-refractivity contribution in [2.45, 2.75) is 6.42 Å². The van der Waals surface area contributed by atoms with E-state index in [0.717, 1.165) is 52.3 Å². The Morgan fingerprint density at radius 3 is 2.41 bits per heavy atom. The van der Waals surface area contributed by atoms with Gasteiger partial charge < -0.3 is 19.7 Å². The van der Waals surface area contributed by atoms with Crippen molar-refractivity contribution >= 4 is 21.4 Å². The van der Waals surface area contributed by atoms with E-state index in [1.807, 2.05) is 42.5 Å². The van der Waals surface area contributed by atoms with Crippen LogP contribution >= 0.6 is 11.3 Å². The van der Waals surface area contributed by atoms with Gasteiger partial charge in [0.15, 0.2) is 5.75 Å². The van der Waals surface area contributed by atoms with Gasteiger partial charge in [-0.1, -0.05) is 0 Å². The molecule has 1 atom stereocenters. The molecule has 34 heavy (non-hydrogen) atoms. The normalized spacial score (nSPS) is 16.2. The van der Waals surface area contributed by atoms with Gasteiger partial charge in [0.05, 0.1) is 11.6 Å². The molecule has 176 valence electrons. The second-order valence-electron chi connectivity index (χ2n) is 8.52. The molecular formula is C27H26FNO4S. The first-order chi connectivity index (χ1) is 16.6. The van der Waals surface area contributed by atoms with E-state index in [9.17, 15) is 14.6 Å². The minimum absolute atomic E-state index is 0.165. The topological polar surface area (TPSA) is 62.2 Å². The summed E-state index contributed by atoms with van der Waals surface area (Å²) in [6, 6.07) is 19.7. The van der Waals surface area contributed by atoms with Gasteiger partial charge >= 0.3 is 0 Å². The first-order valence-corrected chi connectivity index (χ1v) is 12.1. The number of benzene rings is 3. The monoisotopic (exact) mass is 479 g/mol. The van der Waals surface area contributed by atoms with Gasteiger partial charge in [0.1, 0.15) is 29.6 Å². The van der Waals surface area contributed by atoms with Gasteiger partial charge in [-0.3, -0.25) is 9.29 Å². The number of fused-ring (bicyclic) bond motifs is 1. The molecule has 5 nitrogen and oxygen atoms in total. The SMILES string of the molecule is Oc1ccc(-c2sc3ccc(O)cc3c2Oc2ccc(OCCN3CC[C@@H](CF)C3)cc2)cc1. The highest BCUT2D eigenvalue weighted by molar-refractivity contribution is 7.22. The number of rotatable bonds is 8. The molecule has 0 unspecified atom stereocenters. The van der Waals surface area contributed by atoms with Gasteiger partial charge in [-0.25, -0.2) is 0 Å². The van der Waals surface area contributed by atoms with Crippen LogP contribution in [0.15, 0.2) is 66.7 Å². The number of alkyl halides is 1. The lowest BCUT2D eigenvalue weighted by molar-refractivity contribution is 0.228. The maximum absolute atomic E-state index is 12.8. The highest BCUT2D eigenvalue weighted by Gasteiger charge is 2.22. The summed E-state index contributed by atoms with van der Waals surface area (Å²) in [6.45, 7) is 2.83. The summed E-state index contributed by atoms with van der Waals surface area (Å²) in [5.41, 5.74) is 0.922. The molecule has 4 aromatic rings. The highest BCUT2D eigenvalue weighted by Crippen LogP contribution is 2.47. The molecule has 1 aromatic heterocycles. The lowest BCUT2D eigenvalue weighted by Gasteiger charge is -2.16. The predicted molar refractivity (Wildman–Crippen MR) is 133 cm³/mol. The molecule has 1 fully saturated rings. The van der Waals surface area contributed by atoms with Crippen LogP contribution < -0.4 is 9.47 Å². The molecule has 0 spiro atoms. The minimum Gasteiger partial charge on any atom is -0.508 e. The number of halogens is 1. The number of thiophene rings is 1. The summed E-state index contributed by atoms with van der Waals surface area (Å²) in [7, 11) is 0. The van der Waals surface area contributed by atoms with E-state index in [0.29, 0.717) is 18.1 Å². The van der Waals surface area contributed by atoms with Crippen LogP contribution in [-0.4, -0.2) is 48.0 Å². The molecule has 0 saturated carbocycles. The second kappa shape index (κ2) is 9.91. The molecule has 0 bridgehead atoms. The summed E-state index contributed by atoms with van der Waals surface area (Å²) in [5.74, 6) is 2.60. The smallest absolute Gasteiger partial charge is 0.153 e. The summed E-state index contributed by atoms with van der Waals surface area (Å²) >= 11 is 1.57. The first kappa shape index (κ1) is 22.5. The van der Waals surface area contributed by atoms with Crippen LogP contribution in [0.5, 0.6) is 28.7 Å². The van der Waals surface area contributed by atoms with E-state index in [1.165, 1.54) is 0 Å². The molecule has 1 saturated heterocycles. The van der Waals surface area contributed by atoms with Crippen molar-refractivity contribution in [1.82, 2.24) is 4.90 Å². The van der Waals surface area contributed by atoms with Gasteiger partial charge in [0.25, 0.3) is 0 Å². The van der Waals surface area contributed by atoms with Gasteiger partial charge in [0.2, 0.25) is 0 Å². The Morgan fingerprint density at radius 2 is 1.68 bits per heavy atom. The molecule has 0 radical (unpaired) electrons. The fourth-order valence-electron chi connectivity index (χ4n) is 4.22. The zero-order valence-corrected chi connectivity index (χ0v) is 19.4. The lowest BCUT2D eigenvalue weighted by atomic mass is 10.1. The van der Waals surface area contributed by atoms with Crippen LogP contribution in [0.4, 0.5) is 4.39 Å². The molecule has 0 aliphatic carbocycles. The molecule has 1 aliphatic heterocycles. The average Bonchev–Trinajstić information content (AvgIpc) is 3.45. The summed E-state index contributed by atoms with van der Waals surface area (Å²) in [5, 5.41) is 20.5. The third kappa shape index (κ3) is 4.95. The molecular weight excluding hydrogens is 453 g/mol. The van der Waals surface area contributed by atoms with Crippen molar-refractivity contribution in [1.29, 1.82) is 0 Å². The van der Waals surface area contributed by atoms with Crippen LogP contribution in [0.25, 0.3) is 20.5 Å². The van der Waals surface area contributed by atoms with Crippen LogP contribution in [0, 0.1) is 5.92 Å². The van der Waals surface area contributed by atoms with E-state index in [2.05, 4.69) is 4.90 Å². The summed E-state index contributed by atoms with van der Waals surface area (Å²) in [6.07, 6.45) is 0.920. The number of likely N-dealkylation sites (tertiary alicyclic amines) is 1. The zero-order chi connectivity index (χ0) is 23.5. The fourth-order valence-corrected chi connectivity index (χ4v) is 5.34. The predicted octanol–water partition coefficient (Wildman–Crippen LogP) is 6.44. The maximum atomic E-state index is 12.8. The lowest BCUT2D eigenvalue weighted by Crippen LogP contribution is -2.26. The summed E-state index contributed by atoms with van der Waals surface area (Å²) < 4.78 is 26.0. The number of phenols is 2. The van der Waals surface area contributed by atoms with E-state index >= 15 is 0 Å². The number of hydrogen-bond donors (Lipinski definition) is 2. The number of nitrogens with zero attached hydrogens (tertiary/aromatic N) is 1. The number of phenolic OH excluding ortho intramolecular Hbond substituents is 2. The standard InChI is InChI=1S/C27H26FNO4S/c28-16-18-11-12-29(17-18)13-14-32-22-6-8-23(9-7-22)33-26-24-15-21(31)5-10-25(24)34-27(26)19-1-3-20(30)4-2-19/h1-10,15,18,30-31H,11-14,16-17H2/t18-/m0/s1. The van der Waals surface area contributed by atoms with Gasteiger partial charge in [-0.15, -0.1) is 11.3 Å². The molecule has 2 N–H and O–H groups in total. The van der Waals surface area contributed by atoms with Crippen molar-refractivity contribution in [3.05, 3.63) is 66.7 Å². The second-order valence-corrected chi connectivity index (χ2v) is 9.57. The zero-order valence-electron chi connectivity index (χ0n) is 18.6. The number of hydrogen-bond acceptors (Lipinski definition) is 6. The van der Waals surface area contributed by atoms with E-state index in [-0.39, 0.29) is 24.1 Å². The Balaban J connectivity index is 1.31. The van der Waals surface area contributed by atoms with Gasteiger partial charge in [0, 0.05) is 29.1 Å². The van der Waals surface area contributed by atoms with Gasteiger partial charge in [-0.05, 0) is 85.3 Å². The van der Waals surface area contributed by atoms with E-state index in [1.54, 1.807) is 35.6 Å². The minimum atomic E-state index is -0.244. The third-order valence-electron chi connectivity index (χ3n) is 6.06. The maximum Gasteiger partial charge on any atom is 0.153 e. The Morgan fingerprint density at radius 1 is 0.941 bits per heavy atom. The van der Waals surface area contributed by atoms with E-state index < -0.39 is 0 Å². The molecule has 0 amide bonds. The Kier molecular flexibility index (Phi) is 6.56. The van der Waals surface area contributed by atoms with Crippen molar-refractivity contribution in [2.75, 3.05) is 32.9 Å². The van der Waals surface area contributed by atoms with Crippen LogP contribution in [-0.2, 0) is 0 Å². The van der Waals surface area contributed by atoms with Crippen LogP contribution in [0.1, 0.15) is 6.42 Å². The Hall–Kier alpha value is -3.29.